The summed E-state index contributed by atoms with van der Waals surface area (Å²) in [6.45, 7) is 0.121. The maximum atomic E-state index is 12.6. The Kier molecular flexibility index (Phi) is 4.93. The number of halogens is 1. The van der Waals surface area contributed by atoms with Gasteiger partial charge in [0.25, 0.3) is 0 Å². The molecule has 92 valence electrons. The van der Waals surface area contributed by atoms with Gasteiger partial charge in [-0.05, 0) is 17.7 Å². The molecule has 2 N–H and O–H groups in total. The summed E-state index contributed by atoms with van der Waals surface area (Å²) in [7, 11) is 1.21. The Hall–Kier alpha value is -2.11. The number of amides is 2. The summed E-state index contributed by atoms with van der Waals surface area (Å²) in [5, 5.41) is 4.81. The summed E-state index contributed by atoms with van der Waals surface area (Å²) >= 11 is 0. The Bertz CT molecular complexity index is 392. The lowest BCUT2D eigenvalue weighted by Crippen LogP contribution is -2.36. The van der Waals surface area contributed by atoms with Crippen LogP contribution < -0.4 is 10.6 Å². The lowest BCUT2D eigenvalue weighted by Gasteiger charge is -2.06. The average molecular weight is 240 g/mol. The molecule has 0 spiro atoms. The molecule has 0 bridgehead atoms. The van der Waals surface area contributed by atoms with Crippen molar-refractivity contribution in [3.63, 3.8) is 0 Å². The zero-order valence-corrected chi connectivity index (χ0v) is 9.33. The fourth-order valence-corrected chi connectivity index (χ4v) is 1.09. The Morgan fingerprint density at radius 2 is 1.88 bits per heavy atom. The van der Waals surface area contributed by atoms with E-state index < -0.39 is 6.09 Å². The van der Waals surface area contributed by atoms with E-state index in [0.29, 0.717) is 0 Å². The lowest BCUT2D eigenvalue weighted by atomic mass is 10.2. The molecule has 0 aliphatic rings. The monoisotopic (exact) mass is 240 g/mol. The van der Waals surface area contributed by atoms with E-state index in [1.165, 1.54) is 19.2 Å². The third-order valence-electron chi connectivity index (χ3n) is 1.98. The standard InChI is InChI=1S/C11H13FN2O3/c1-17-11(16)14-7-10(15)13-6-8-2-4-9(12)5-3-8/h2-5H,6-7H2,1H3,(H,13,15)(H,14,16). The average Bonchev–Trinajstić information content (AvgIpc) is 2.35. The van der Waals surface area contributed by atoms with Crippen LogP contribution in [0.5, 0.6) is 0 Å². The summed E-state index contributed by atoms with van der Waals surface area (Å²) in [5.74, 6) is -0.674. The number of hydrogen-bond acceptors (Lipinski definition) is 3. The van der Waals surface area contributed by atoms with Crippen molar-refractivity contribution < 1.29 is 18.7 Å². The molecule has 0 atom stereocenters. The highest BCUT2D eigenvalue weighted by Gasteiger charge is 2.04. The Morgan fingerprint density at radius 3 is 2.47 bits per heavy atom. The van der Waals surface area contributed by atoms with Crippen molar-refractivity contribution in [3.8, 4) is 0 Å². The van der Waals surface area contributed by atoms with Crippen LogP contribution in [0, 0.1) is 5.82 Å². The summed E-state index contributed by atoms with van der Waals surface area (Å²) in [5.41, 5.74) is 0.776. The highest BCUT2D eigenvalue weighted by atomic mass is 19.1. The minimum atomic E-state index is -0.665. The van der Waals surface area contributed by atoms with Gasteiger partial charge in [0.1, 0.15) is 12.4 Å². The highest BCUT2D eigenvalue weighted by Crippen LogP contribution is 2.01. The van der Waals surface area contributed by atoms with E-state index in [1.54, 1.807) is 12.1 Å². The van der Waals surface area contributed by atoms with Crippen molar-refractivity contribution in [2.45, 2.75) is 6.54 Å². The molecular formula is C11H13FN2O3. The van der Waals surface area contributed by atoms with Crippen LogP contribution >= 0.6 is 0 Å². The second-order valence-corrected chi connectivity index (χ2v) is 3.25. The predicted molar refractivity (Wildman–Crippen MR) is 58.7 cm³/mol. The number of hydrogen-bond donors (Lipinski definition) is 2. The zero-order valence-electron chi connectivity index (χ0n) is 9.33. The number of rotatable bonds is 4. The van der Waals surface area contributed by atoms with Crippen molar-refractivity contribution in [3.05, 3.63) is 35.6 Å². The molecule has 0 saturated heterocycles. The lowest BCUT2D eigenvalue weighted by molar-refractivity contribution is -0.120. The summed E-state index contributed by atoms with van der Waals surface area (Å²) in [6.07, 6.45) is -0.665. The maximum absolute atomic E-state index is 12.6. The molecule has 17 heavy (non-hydrogen) atoms. The van der Waals surface area contributed by atoms with Gasteiger partial charge in [-0.15, -0.1) is 0 Å². The minimum absolute atomic E-state index is 0.159. The summed E-state index contributed by atoms with van der Waals surface area (Å²) < 4.78 is 16.9. The number of nitrogens with one attached hydrogen (secondary N) is 2. The van der Waals surface area contributed by atoms with Crippen LogP contribution in [0.3, 0.4) is 0 Å². The van der Waals surface area contributed by atoms with Crippen LogP contribution in [0.15, 0.2) is 24.3 Å². The Balaban J connectivity index is 2.28. The number of methoxy groups -OCH3 is 1. The molecule has 1 rings (SSSR count). The van der Waals surface area contributed by atoms with E-state index in [2.05, 4.69) is 15.4 Å². The minimum Gasteiger partial charge on any atom is -0.453 e. The van der Waals surface area contributed by atoms with Crippen molar-refractivity contribution in [2.75, 3.05) is 13.7 Å². The number of alkyl carbamates (subject to hydrolysis) is 1. The molecule has 5 nitrogen and oxygen atoms in total. The molecule has 1 aromatic carbocycles. The molecule has 0 saturated carbocycles. The van der Waals surface area contributed by atoms with E-state index in [9.17, 15) is 14.0 Å². The Morgan fingerprint density at radius 1 is 1.24 bits per heavy atom. The number of carbonyl (C=O) groups is 2. The van der Waals surface area contributed by atoms with Gasteiger partial charge in [-0.1, -0.05) is 12.1 Å². The van der Waals surface area contributed by atoms with Crippen molar-refractivity contribution >= 4 is 12.0 Å². The molecule has 6 heteroatoms. The first-order valence-corrected chi connectivity index (χ1v) is 4.95. The maximum Gasteiger partial charge on any atom is 0.407 e. The fourth-order valence-electron chi connectivity index (χ4n) is 1.09. The normalized spacial score (nSPS) is 9.53. The van der Waals surface area contributed by atoms with Crippen LogP contribution in [0.2, 0.25) is 0 Å². The third-order valence-corrected chi connectivity index (χ3v) is 1.98. The van der Waals surface area contributed by atoms with Gasteiger partial charge < -0.3 is 15.4 Å². The van der Waals surface area contributed by atoms with Crippen LogP contribution in [0.4, 0.5) is 9.18 Å². The number of benzene rings is 1. The fraction of sp³-hybridized carbons (Fsp3) is 0.273. The third kappa shape index (κ3) is 4.96. The van der Waals surface area contributed by atoms with Gasteiger partial charge in [0, 0.05) is 6.54 Å². The largest absolute Gasteiger partial charge is 0.453 e. The van der Waals surface area contributed by atoms with E-state index in [0.717, 1.165) is 5.56 Å². The number of carbonyl (C=O) groups excluding carboxylic acids is 2. The summed E-state index contributed by atoms with van der Waals surface area (Å²) in [4.78, 5) is 21.9. The van der Waals surface area contributed by atoms with Gasteiger partial charge in [-0.25, -0.2) is 9.18 Å². The van der Waals surface area contributed by atoms with Crippen LogP contribution in [0.25, 0.3) is 0 Å². The van der Waals surface area contributed by atoms with Gasteiger partial charge in [0.05, 0.1) is 7.11 Å². The molecule has 0 aliphatic carbocycles. The van der Waals surface area contributed by atoms with Gasteiger partial charge in [-0.2, -0.15) is 0 Å². The summed E-state index contributed by atoms with van der Waals surface area (Å²) in [6, 6.07) is 5.77. The molecule has 2 amide bonds. The van der Waals surface area contributed by atoms with E-state index in [1.807, 2.05) is 0 Å². The molecule has 0 unspecified atom stereocenters. The first kappa shape index (κ1) is 13.0. The van der Waals surface area contributed by atoms with Crippen molar-refractivity contribution in [1.29, 1.82) is 0 Å². The van der Waals surface area contributed by atoms with Crippen LogP contribution in [-0.4, -0.2) is 25.7 Å². The van der Waals surface area contributed by atoms with Crippen molar-refractivity contribution in [1.82, 2.24) is 10.6 Å². The van der Waals surface area contributed by atoms with Crippen LogP contribution in [0.1, 0.15) is 5.56 Å². The van der Waals surface area contributed by atoms with Crippen LogP contribution in [-0.2, 0) is 16.1 Å². The zero-order chi connectivity index (χ0) is 12.7. The van der Waals surface area contributed by atoms with E-state index in [-0.39, 0.29) is 24.8 Å². The second kappa shape index (κ2) is 6.47. The molecule has 0 aliphatic heterocycles. The quantitative estimate of drug-likeness (QED) is 0.818. The van der Waals surface area contributed by atoms with E-state index in [4.69, 9.17) is 0 Å². The first-order valence-electron chi connectivity index (χ1n) is 4.95. The molecular weight excluding hydrogens is 227 g/mol. The van der Waals surface area contributed by atoms with Gasteiger partial charge in [0.15, 0.2) is 0 Å². The topological polar surface area (TPSA) is 67.4 Å². The molecule has 1 aromatic rings. The van der Waals surface area contributed by atoms with Gasteiger partial charge in [-0.3, -0.25) is 4.79 Å². The smallest absolute Gasteiger partial charge is 0.407 e. The van der Waals surface area contributed by atoms with Crippen molar-refractivity contribution in [2.24, 2.45) is 0 Å². The van der Waals surface area contributed by atoms with Gasteiger partial charge in [0.2, 0.25) is 5.91 Å². The predicted octanol–water partition coefficient (Wildman–Crippen LogP) is 0.798. The van der Waals surface area contributed by atoms with E-state index >= 15 is 0 Å². The number of ether oxygens (including phenoxy) is 1. The van der Waals surface area contributed by atoms with Gasteiger partial charge >= 0.3 is 6.09 Å². The Labute approximate surface area is 98.0 Å². The molecule has 0 fully saturated rings. The molecule has 0 radical (unpaired) electrons. The molecule has 0 aromatic heterocycles. The first-order chi connectivity index (χ1) is 8.11. The SMILES string of the molecule is COC(=O)NCC(=O)NCc1ccc(F)cc1. The molecule has 0 heterocycles. The highest BCUT2D eigenvalue weighted by molar-refractivity contribution is 5.81. The second-order valence-electron chi connectivity index (χ2n) is 3.25.